The van der Waals surface area contributed by atoms with Crippen LogP contribution in [-0.4, -0.2) is 29.6 Å². The Kier molecular flexibility index (Phi) is 6.11. The lowest BCUT2D eigenvalue weighted by Gasteiger charge is -2.16. The van der Waals surface area contributed by atoms with Gasteiger partial charge in [-0.1, -0.05) is 13.8 Å². The molecular formula is C15H25N5O2. The maximum Gasteiger partial charge on any atom is 0.240 e. The highest BCUT2D eigenvalue weighted by atomic mass is 16.5. The van der Waals surface area contributed by atoms with Gasteiger partial charge in [0.2, 0.25) is 11.8 Å². The molecule has 1 aliphatic heterocycles. The van der Waals surface area contributed by atoms with Crippen LogP contribution in [0.4, 0.5) is 0 Å². The second-order valence-electron chi connectivity index (χ2n) is 5.98. The fraction of sp³-hybridized carbons (Fsp3) is 0.600. The van der Waals surface area contributed by atoms with Gasteiger partial charge < -0.3 is 10.1 Å². The Morgan fingerprint density at radius 1 is 1.50 bits per heavy atom. The van der Waals surface area contributed by atoms with Crippen LogP contribution in [0.3, 0.4) is 0 Å². The van der Waals surface area contributed by atoms with Crippen molar-refractivity contribution in [2.24, 2.45) is 5.92 Å². The molecule has 0 saturated carbocycles. The molecule has 2 unspecified atom stereocenters. The van der Waals surface area contributed by atoms with Crippen molar-refractivity contribution >= 4 is 5.91 Å². The summed E-state index contributed by atoms with van der Waals surface area (Å²) in [4.78, 5) is 16.1. The molecule has 1 aromatic rings. The minimum absolute atomic E-state index is 0.0510. The largest absolute Gasteiger partial charge is 0.475 e. The van der Waals surface area contributed by atoms with Gasteiger partial charge >= 0.3 is 0 Å². The van der Waals surface area contributed by atoms with Crippen LogP contribution < -0.4 is 26.4 Å². The summed E-state index contributed by atoms with van der Waals surface area (Å²) < 4.78 is 5.82. The van der Waals surface area contributed by atoms with Crippen LogP contribution in [0.25, 0.3) is 0 Å². The minimum Gasteiger partial charge on any atom is -0.475 e. The quantitative estimate of drug-likeness (QED) is 0.586. The molecule has 1 fully saturated rings. The topological polar surface area (TPSA) is 87.3 Å². The van der Waals surface area contributed by atoms with Gasteiger partial charge in [-0.15, -0.1) is 0 Å². The molecule has 1 amide bonds. The summed E-state index contributed by atoms with van der Waals surface area (Å²) in [7, 11) is 0. The number of carbonyl (C=O) groups excluding carboxylic acids is 1. The summed E-state index contributed by atoms with van der Waals surface area (Å²) in [5.41, 5.74) is 9.36. The van der Waals surface area contributed by atoms with E-state index in [1.807, 2.05) is 19.1 Å². The molecule has 7 heteroatoms. The molecule has 1 saturated heterocycles. The number of rotatable bonds is 7. The number of hydrazine groups is 2. The van der Waals surface area contributed by atoms with Crippen molar-refractivity contribution in [3.05, 3.63) is 23.9 Å². The molecule has 7 nitrogen and oxygen atoms in total. The fourth-order valence-electron chi connectivity index (χ4n) is 2.36. The van der Waals surface area contributed by atoms with E-state index in [0.717, 1.165) is 12.0 Å². The van der Waals surface area contributed by atoms with Crippen LogP contribution in [0.15, 0.2) is 18.3 Å². The van der Waals surface area contributed by atoms with Gasteiger partial charge in [0.25, 0.3) is 0 Å². The third-order valence-corrected chi connectivity index (χ3v) is 3.35. The van der Waals surface area contributed by atoms with Gasteiger partial charge in [0.15, 0.2) is 0 Å². The third-order valence-electron chi connectivity index (χ3n) is 3.35. The monoisotopic (exact) mass is 307 g/mol. The molecule has 2 atom stereocenters. The van der Waals surface area contributed by atoms with Gasteiger partial charge in [0.1, 0.15) is 6.04 Å². The predicted octanol–water partition coefficient (Wildman–Crippen LogP) is 0.492. The molecule has 2 rings (SSSR count). The Morgan fingerprint density at radius 3 is 3.00 bits per heavy atom. The number of ether oxygens (including phenoxy) is 1. The number of pyridine rings is 1. The van der Waals surface area contributed by atoms with E-state index in [1.54, 1.807) is 6.20 Å². The van der Waals surface area contributed by atoms with E-state index in [4.69, 9.17) is 4.74 Å². The van der Waals surface area contributed by atoms with E-state index < -0.39 is 0 Å². The van der Waals surface area contributed by atoms with Crippen LogP contribution in [0.2, 0.25) is 0 Å². The molecule has 1 aromatic heterocycles. The summed E-state index contributed by atoms with van der Waals surface area (Å²) >= 11 is 0. The van der Waals surface area contributed by atoms with Crippen LogP contribution in [0, 0.1) is 5.92 Å². The summed E-state index contributed by atoms with van der Waals surface area (Å²) in [5.74, 6) is 1.13. The normalized spacial score (nSPS) is 19.2. The van der Waals surface area contributed by atoms with E-state index in [-0.39, 0.29) is 18.1 Å². The SMILES string of the molecule is CC(C)CC(C)Oc1cc(CNC(=O)C2CNNN2)ccn1. The van der Waals surface area contributed by atoms with Gasteiger partial charge in [0, 0.05) is 25.4 Å². The van der Waals surface area contributed by atoms with Gasteiger partial charge in [-0.2, -0.15) is 5.53 Å². The van der Waals surface area contributed by atoms with Gasteiger partial charge in [0.05, 0.1) is 6.10 Å². The zero-order valence-electron chi connectivity index (χ0n) is 13.3. The zero-order valence-corrected chi connectivity index (χ0v) is 13.3. The van der Waals surface area contributed by atoms with Crippen LogP contribution in [0.1, 0.15) is 32.8 Å². The molecule has 0 bridgehead atoms. The summed E-state index contributed by atoms with van der Waals surface area (Å²) in [6.07, 6.45) is 2.81. The number of hydrogen-bond acceptors (Lipinski definition) is 6. The Morgan fingerprint density at radius 2 is 2.32 bits per heavy atom. The molecule has 22 heavy (non-hydrogen) atoms. The second-order valence-corrected chi connectivity index (χ2v) is 5.98. The summed E-state index contributed by atoms with van der Waals surface area (Å²) in [5, 5.41) is 2.89. The van der Waals surface area contributed by atoms with E-state index in [0.29, 0.717) is 24.9 Å². The standard InChI is InChI=1S/C15H25N5O2/c1-10(2)6-11(3)22-14-7-12(4-5-16-14)8-17-15(21)13-9-18-20-19-13/h4-5,7,10-11,13,18-20H,6,8-9H2,1-3H3,(H,17,21). The number of nitrogens with one attached hydrogen (secondary N) is 4. The first-order chi connectivity index (χ1) is 10.5. The molecule has 0 spiro atoms. The van der Waals surface area contributed by atoms with E-state index in [2.05, 4.69) is 40.5 Å². The van der Waals surface area contributed by atoms with Gasteiger partial charge in [-0.25, -0.2) is 15.8 Å². The first-order valence-corrected chi connectivity index (χ1v) is 7.67. The Bertz CT molecular complexity index is 489. The highest BCUT2D eigenvalue weighted by molar-refractivity contribution is 5.82. The van der Waals surface area contributed by atoms with E-state index in [9.17, 15) is 4.79 Å². The number of carbonyl (C=O) groups is 1. The maximum absolute atomic E-state index is 11.9. The second kappa shape index (κ2) is 8.07. The first-order valence-electron chi connectivity index (χ1n) is 7.67. The maximum atomic E-state index is 11.9. The predicted molar refractivity (Wildman–Crippen MR) is 83.7 cm³/mol. The smallest absolute Gasteiger partial charge is 0.240 e. The Hall–Kier alpha value is -1.70. The molecule has 1 aliphatic rings. The van der Waals surface area contributed by atoms with E-state index in [1.165, 1.54) is 0 Å². The van der Waals surface area contributed by atoms with Crippen molar-refractivity contribution < 1.29 is 9.53 Å². The lowest BCUT2D eigenvalue weighted by molar-refractivity contribution is -0.122. The zero-order chi connectivity index (χ0) is 15.9. The average molecular weight is 307 g/mol. The summed E-state index contributed by atoms with van der Waals surface area (Å²) in [6.45, 7) is 7.39. The fourth-order valence-corrected chi connectivity index (χ4v) is 2.36. The number of hydrogen-bond donors (Lipinski definition) is 4. The molecule has 4 N–H and O–H groups in total. The Balaban J connectivity index is 1.84. The molecule has 0 radical (unpaired) electrons. The lowest BCUT2D eigenvalue weighted by atomic mass is 10.1. The minimum atomic E-state index is -0.261. The van der Waals surface area contributed by atoms with Gasteiger partial charge in [-0.3, -0.25) is 4.79 Å². The highest BCUT2D eigenvalue weighted by Crippen LogP contribution is 2.14. The molecule has 0 aromatic carbocycles. The molecule has 122 valence electrons. The van der Waals surface area contributed by atoms with Crippen molar-refractivity contribution in [3.8, 4) is 5.88 Å². The molecule has 2 heterocycles. The highest BCUT2D eigenvalue weighted by Gasteiger charge is 2.21. The van der Waals surface area contributed by atoms with Crippen molar-refractivity contribution in [2.75, 3.05) is 6.54 Å². The average Bonchev–Trinajstić information content (AvgIpc) is 2.98. The van der Waals surface area contributed by atoms with Crippen LogP contribution >= 0.6 is 0 Å². The third kappa shape index (κ3) is 5.25. The summed E-state index contributed by atoms with van der Waals surface area (Å²) in [6, 6.07) is 3.48. The van der Waals surface area contributed by atoms with Gasteiger partial charge in [-0.05, 0) is 30.9 Å². The van der Waals surface area contributed by atoms with E-state index >= 15 is 0 Å². The number of aromatic nitrogens is 1. The number of amides is 1. The van der Waals surface area contributed by atoms with Crippen LogP contribution in [0.5, 0.6) is 5.88 Å². The molecule has 0 aliphatic carbocycles. The van der Waals surface area contributed by atoms with Crippen LogP contribution in [-0.2, 0) is 11.3 Å². The first kappa shape index (κ1) is 16.7. The van der Waals surface area contributed by atoms with Crippen molar-refractivity contribution in [1.29, 1.82) is 0 Å². The lowest BCUT2D eigenvalue weighted by Crippen LogP contribution is -2.44. The molecular weight excluding hydrogens is 282 g/mol. The van der Waals surface area contributed by atoms with Crippen molar-refractivity contribution in [2.45, 2.75) is 45.9 Å². The Labute approximate surface area is 131 Å². The van der Waals surface area contributed by atoms with Crippen molar-refractivity contribution in [1.82, 2.24) is 26.7 Å². The number of nitrogens with zero attached hydrogens (tertiary/aromatic N) is 1. The van der Waals surface area contributed by atoms with Crippen molar-refractivity contribution in [3.63, 3.8) is 0 Å².